The van der Waals surface area contributed by atoms with Gasteiger partial charge in [-0.05, 0) is 62.7 Å². The molecule has 2 atom stereocenters. The lowest BCUT2D eigenvalue weighted by Crippen LogP contribution is -2.38. The van der Waals surface area contributed by atoms with Gasteiger partial charge in [-0.2, -0.15) is 0 Å². The van der Waals surface area contributed by atoms with Crippen LogP contribution in [-0.4, -0.2) is 31.1 Å². The topological polar surface area (TPSA) is 15.3 Å². The Bertz CT molecular complexity index is 368. The highest BCUT2D eigenvalue weighted by Crippen LogP contribution is 2.36. The Kier molecular flexibility index (Phi) is 3.50. The Balaban J connectivity index is 1.68. The van der Waals surface area contributed by atoms with Crippen LogP contribution in [0.25, 0.3) is 0 Å². The summed E-state index contributed by atoms with van der Waals surface area (Å²) in [4.78, 5) is 4.21. The van der Waals surface area contributed by atoms with Crippen LogP contribution in [-0.2, 0) is 6.42 Å². The first-order valence-electron chi connectivity index (χ1n) is 6.84. The normalized spacial score (nSPS) is 28.6. The number of hydrogen-bond donors (Lipinski definition) is 1. The zero-order valence-corrected chi connectivity index (χ0v) is 11.4. The van der Waals surface area contributed by atoms with Gasteiger partial charge in [-0.15, -0.1) is 11.3 Å². The number of hydrogen-bond acceptors (Lipinski definition) is 3. The first-order valence-corrected chi connectivity index (χ1v) is 7.72. The second kappa shape index (κ2) is 5.09. The van der Waals surface area contributed by atoms with Crippen LogP contribution in [0, 0.1) is 0 Å². The van der Waals surface area contributed by atoms with Gasteiger partial charge in [0.2, 0.25) is 0 Å². The van der Waals surface area contributed by atoms with Crippen LogP contribution in [0.4, 0.5) is 0 Å². The smallest absolute Gasteiger partial charge is 0.0356 e. The molecule has 1 aromatic heterocycles. The molecular formula is C14H22N2S. The number of nitrogens with one attached hydrogen (secondary N) is 1. The summed E-state index contributed by atoms with van der Waals surface area (Å²) in [5.74, 6) is 0. The molecule has 1 aliphatic carbocycles. The molecule has 2 nitrogen and oxygen atoms in total. The number of rotatable bonds is 3. The van der Waals surface area contributed by atoms with E-state index in [1.54, 1.807) is 10.4 Å². The van der Waals surface area contributed by atoms with Gasteiger partial charge in [0.05, 0.1) is 0 Å². The highest BCUT2D eigenvalue weighted by Gasteiger charge is 2.26. The number of aryl methyl sites for hydroxylation is 1. The van der Waals surface area contributed by atoms with E-state index in [1.807, 2.05) is 11.3 Å². The number of fused-ring (bicyclic) bond motifs is 1. The lowest BCUT2D eigenvalue weighted by molar-refractivity contribution is 0.204. The number of thiophene rings is 1. The van der Waals surface area contributed by atoms with E-state index < -0.39 is 0 Å². The van der Waals surface area contributed by atoms with E-state index >= 15 is 0 Å². The van der Waals surface area contributed by atoms with Crippen LogP contribution < -0.4 is 5.32 Å². The summed E-state index contributed by atoms with van der Waals surface area (Å²) >= 11 is 1.95. The fourth-order valence-corrected chi connectivity index (χ4v) is 4.29. The minimum atomic E-state index is 0.674. The molecular weight excluding hydrogens is 228 g/mol. The Hall–Kier alpha value is -0.380. The molecule has 0 spiro atoms. The van der Waals surface area contributed by atoms with Crippen molar-refractivity contribution in [3.05, 3.63) is 21.9 Å². The molecule has 17 heavy (non-hydrogen) atoms. The van der Waals surface area contributed by atoms with Gasteiger partial charge in [-0.3, -0.25) is 4.90 Å². The van der Waals surface area contributed by atoms with E-state index in [-0.39, 0.29) is 0 Å². The van der Waals surface area contributed by atoms with E-state index in [4.69, 9.17) is 0 Å². The number of likely N-dealkylation sites (N-methyl/N-ethyl adjacent to an activating group) is 1. The Morgan fingerprint density at radius 2 is 2.35 bits per heavy atom. The van der Waals surface area contributed by atoms with Gasteiger partial charge in [0.25, 0.3) is 0 Å². The SMILES string of the molecule is CN(CC1CCCN1)C1CCCc2sccc21. The van der Waals surface area contributed by atoms with E-state index in [9.17, 15) is 0 Å². The molecule has 2 aliphatic rings. The molecule has 0 radical (unpaired) electrons. The van der Waals surface area contributed by atoms with Gasteiger partial charge in [-0.25, -0.2) is 0 Å². The molecule has 1 aliphatic heterocycles. The summed E-state index contributed by atoms with van der Waals surface area (Å²) in [6.45, 7) is 2.42. The minimum absolute atomic E-state index is 0.674. The quantitative estimate of drug-likeness (QED) is 0.887. The molecule has 1 fully saturated rings. The number of nitrogens with zero attached hydrogens (tertiary/aromatic N) is 1. The van der Waals surface area contributed by atoms with Gasteiger partial charge in [0.15, 0.2) is 0 Å². The van der Waals surface area contributed by atoms with Crippen molar-refractivity contribution in [2.24, 2.45) is 0 Å². The van der Waals surface area contributed by atoms with Crippen LogP contribution in [0.1, 0.15) is 42.2 Å². The lowest BCUT2D eigenvalue weighted by Gasteiger charge is -2.33. The van der Waals surface area contributed by atoms with E-state index in [2.05, 4.69) is 28.7 Å². The molecule has 2 unspecified atom stereocenters. The standard InChI is InChI=1S/C14H22N2S/c1-16(10-11-4-3-8-15-11)13-5-2-6-14-12(13)7-9-17-14/h7,9,11,13,15H,2-6,8,10H2,1H3. The minimum Gasteiger partial charge on any atom is -0.313 e. The van der Waals surface area contributed by atoms with Gasteiger partial charge < -0.3 is 5.32 Å². The molecule has 0 bridgehead atoms. The highest BCUT2D eigenvalue weighted by atomic mass is 32.1. The predicted octanol–water partition coefficient (Wildman–Crippen LogP) is 2.81. The van der Waals surface area contributed by atoms with Crippen LogP contribution in [0.3, 0.4) is 0 Å². The summed E-state index contributed by atoms with van der Waals surface area (Å²) in [6.07, 6.45) is 6.72. The van der Waals surface area contributed by atoms with Crippen molar-refractivity contribution in [3.8, 4) is 0 Å². The maximum Gasteiger partial charge on any atom is 0.0356 e. The van der Waals surface area contributed by atoms with Crippen LogP contribution >= 0.6 is 11.3 Å². The monoisotopic (exact) mass is 250 g/mol. The van der Waals surface area contributed by atoms with Gasteiger partial charge in [0.1, 0.15) is 0 Å². The Morgan fingerprint density at radius 3 is 3.18 bits per heavy atom. The fourth-order valence-electron chi connectivity index (χ4n) is 3.31. The zero-order valence-electron chi connectivity index (χ0n) is 10.6. The lowest BCUT2D eigenvalue weighted by atomic mass is 9.93. The highest BCUT2D eigenvalue weighted by molar-refractivity contribution is 7.10. The third-order valence-corrected chi connectivity index (χ3v) is 5.22. The molecule has 0 aromatic carbocycles. The summed E-state index contributed by atoms with van der Waals surface area (Å²) < 4.78 is 0. The molecule has 0 amide bonds. The summed E-state index contributed by atoms with van der Waals surface area (Å²) in [6, 6.07) is 3.75. The first-order chi connectivity index (χ1) is 8.34. The molecule has 1 saturated heterocycles. The van der Waals surface area contributed by atoms with Crippen molar-refractivity contribution in [3.63, 3.8) is 0 Å². The molecule has 2 heterocycles. The largest absolute Gasteiger partial charge is 0.313 e. The van der Waals surface area contributed by atoms with Crippen molar-refractivity contribution in [2.75, 3.05) is 20.1 Å². The van der Waals surface area contributed by atoms with E-state index in [1.165, 1.54) is 45.2 Å². The molecule has 1 aromatic rings. The molecule has 0 saturated carbocycles. The van der Waals surface area contributed by atoms with Gasteiger partial charge in [-0.1, -0.05) is 0 Å². The van der Waals surface area contributed by atoms with Gasteiger partial charge >= 0.3 is 0 Å². The summed E-state index contributed by atoms with van der Waals surface area (Å²) in [5.41, 5.74) is 1.61. The van der Waals surface area contributed by atoms with Crippen LogP contribution in [0.5, 0.6) is 0 Å². The summed E-state index contributed by atoms with van der Waals surface area (Å²) in [5, 5.41) is 5.87. The van der Waals surface area contributed by atoms with Crippen molar-refractivity contribution in [2.45, 2.75) is 44.2 Å². The molecule has 3 rings (SSSR count). The second-order valence-electron chi connectivity index (χ2n) is 5.44. The van der Waals surface area contributed by atoms with Crippen molar-refractivity contribution < 1.29 is 0 Å². The van der Waals surface area contributed by atoms with Gasteiger partial charge in [0, 0.05) is 23.5 Å². The maximum atomic E-state index is 3.61. The summed E-state index contributed by atoms with van der Waals surface area (Å²) in [7, 11) is 2.30. The Labute approximate surface area is 108 Å². The average molecular weight is 250 g/mol. The average Bonchev–Trinajstić information content (AvgIpc) is 2.97. The van der Waals surface area contributed by atoms with Crippen molar-refractivity contribution in [1.82, 2.24) is 10.2 Å². The predicted molar refractivity (Wildman–Crippen MR) is 73.7 cm³/mol. The molecule has 94 valence electrons. The van der Waals surface area contributed by atoms with Crippen molar-refractivity contribution >= 4 is 11.3 Å². The fraction of sp³-hybridized carbons (Fsp3) is 0.714. The molecule has 1 N–H and O–H groups in total. The third kappa shape index (κ3) is 2.42. The maximum absolute atomic E-state index is 3.61. The van der Waals surface area contributed by atoms with E-state index in [0.29, 0.717) is 6.04 Å². The van der Waals surface area contributed by atoms with Crippen LogP contribution in [0.2, 0.25) is 0 Å². The first kappa shape index (κ1) is 11.7. The molecule has 3 heteroatoms. The Morgan fingerprint density at radius 1 is 1.41 bits per heavy atom. The second-order valence-corrected chi connectivity index (χ2v) is 6.44. The van der Waals surface area contributed by atoms with E-state index in [0.717, 1.165) is 6.04 Å². The van der Waals surface area contributed by atoms with Crippen molar-refractivity contribution in [1.29, 1.82) is 0 Å². The van der Waals surface area contributed by atoms with Crippen LogP contribution in [0.15, 0.2) is 11.4 Å². The zero-order chi connectivity index (χ0) is 11.7. The third-order valence-electron chi connectivity index (χ3n) is 4.22.